The highest BCUT2D eigenvalue weighted by Crippen LogP contribution is 2.30. The molecule has 1 aromatic carbocycles. The largest absolute Gasteiger partial charge is 0.361 e. The number of aryl methyl sites for hydroxylation is 3. The molecule has 1 N–H and O–H groups in total. The average molecular weight is 327 g/mol. The summed E-state index contributed by atoms with van der Waals surface area (Å²) >= 11 is 1.46. The predicted molar refractivity (Wildman–Crippen MR) is 90.9 cm³/mol. The van der Waals surface area contributed by atoms with Crippen LogP contribution in [0, 0.1) is 13.8 Å². The Morgan fingerprint density at radius 3 is 2.70 bits per heavy atom. The van der Waals surface area contributed by atoms with E-state index in [0.717, 1.165) is 16.1 Å². The van der Waals surface area contributed by atoms with Crippen LogP contribution in [0.15, 0.2) is 34.9 Å². The number of hydrogen-bond acceptors (Lipinski definition) is 5. The maximum atomic E-state index is 12.5. The first-order valence-corrected chi connectivity index (χ1v) is 8.21. The summed E-state index contributed by atoms with van der Waals surface area (Å²) < 4.78 is 5.12. The van der Waals surface area contributed by atoms with E-state index in [1.807, 2.05) is 44.2 Å². The summed E-state index contributed by atoms with van der Waals surface area (Å²) in [5.74, 6) is 0.296. The summed E-state index contributed by atoms with van der Waals surface area (Å²) in [5.41, 5.74) is 3.10. The van der Waals surface area contributed by atoms with Gasteiger partial charge in [0.05, 0.1) is 11.4 Å². The van der Waals surface area contributed by atoms with Gasteiger partial charge in [-0.25, -0.2) is 4.98 Å². The van der Waals surface area contributed by atoms with E-state index in [2.05, 4.69) is 15.5 Å². The summed E-state index contributed by atoms with van der Waals surface area (Å²) in [6, 6.07) is 9.93. The maximum Gasteiger partial charge on any atom is 0.262 e. The van der Waals surface area contributed by atoms with Crippen LogP contribution in [-0.4, -0.2) is 16.0 Å². The van der Waals surface area contributed by atoms with Gasteiger partial charge in [0.2, 0.25) is 0 Å². The molecule has 23 heavy (non-hydrogen) atoms. The highest BCUT2D eigenvalue weighted by Gasteiger charge is 2.20. The minimum atomic E-state index is -0.228. The number of hydrogen-bond donors (Lipinski definition) is 1. The van der Waals surface area contributed by atoms with E-state index in [0.29, 0.717) is 28.6 Å². The zero-order chi connectivity index (χ0) is 16.4. The normalized spacial score (nSPS) is 10.7. The van der Waals surface area contributed by atoms with E-state index in [4.69, 9.17) is 4.52 Å². The second kappa shape index (κ2) is 6.34. The summed E-state index contributed by atoms with van der Waals surface area (Å²) in [6.07, 6.45) is 0.645. The SMILES string of the molecule is CCc1noc(C)c1C(=O)Nc1nc(-c2ccccc2)c(C)s1. The number of rotatable bonds is 4. The number of carbonyl (C=O) groups excluding carboxylic acids is 1. The van der Waals surface area contributed by atoms with Crippen molar-refractivity contribution in [3.05, 3.63) is 52.2 Å². The van der Waals surface area contributed by atoms with Crippen molar-refractivity contribution in [3.8, 4) is 11.3 Å². The van der Waals surface area contributed by atoms with Crippen LogP contribution < -0.4 is 5.32 Å². The number of aromatic nitrogens is 2. The molecular formula is C17H17N3O2S. The van der Waals surface area contributed by atoms with Gasteiger partial charge in [0.25, 0.3) is 5.91 Å². The molecule has 3 aromatic rings. The molecule has 3 rings (SSSR count). The Kier molecular flexibility index (Phi) is 4.25. The number of thiazole rings is 1. The predicted octanol–water partition coefficient (Wildman–Crippen LogP) is 4.23. The molecule has 0 aliphatic rings. The molecule has 0 aliphatic heterocycles. The zero-order valence-electron chi connectivity index (χ0n) is 13.2. The summed E-state index contributed by atoms with van der Waals surface area (Å²) in [4.78, 5) is 18.1. The highest BCUT2D eigenvalue weighted by atomic mass is 32.1. The molecule has 0 bridgehead atoms. The Hall–Kier alpha value is -2.47. The summed E-state index contributed by atoms with van der Waals surface area (Å²) in [6.45, 7) is 5.68. The Balaban J connectivity index is 1.87. The van der Waals surface area contributed by atoms with Crippen molar-refractivity contribution < 1.29 is 9.32 Å². The molecule has 5 nitrogen and oxygen atoms in total. The lowest BCUT2D eigenvalue weighted by atomic mass is 10.1. The number of amides is 1. The van der Waals surface area contributed by atoms with Crippen LogP contribution in [0.25, 0.3) is 11.3 Å². The first kappa shape index (κ1) is 15.4. The molecule has 1 amide bonds. The van der Waals surface area contributed by atoms with Crippen molar-refractivity contribution in [1.29, 1.82) is 0 Å². The molecule has 0 fully saturated rings. The number of nitrogens with zero attached hydrogens (tertiary/aromatic N) is 2. The number of carbonyl (C=O) groups is 1. The Morgan fingerprint density at radius 2 is 2.00 bits per heavy atom. The standard InChI is InChI=1S/C17H17N3O2S/c1-4-13-14(10(2)22-20-13)16(21)19-17-18-15(11(3)23-17)12-8-6-5-7-9-12/h5-9H,4H2,1-3H3,(H,18,19,21). The monoisotopic (exact) mass is 327 g/mol. The lowest BCUT2D eigenvalue weighted by molar-refractivity contribution is 0.102. The summed E-state index contributed by atoms with van der Waals surface area (Å²) in [5, 5.41) is 7.35. The molecule has 2 heterocycles. The van der Waals surface area contributed by atoms with Crippen LogP contribution in [-0.2, 0) is 6.42 Å². The lowest BCUT2D eigenvalue weighted by Crippen LogP contribution is -2.14. The van der Waals surface area contributed by atoms with Crippen molar-refractivity contribution in [2.45, 2.75) is 27.2 Å². The van der Waals surface area contributed by atoms with Gasteiger partial charge in [-0.3, -0.25) is 10.1 Å². The fourth-order valence-corrected chi connectivity index (χ4v) is 3.25. The van der Waals surface area contributed by atoms with E-state index in [1.165, 1.54) is 11.3 Å². The van der Waals surface area contributed by atoms with Crippen LogP contribution in [0.5, 0.6) is 0 Å². The van der Waals surface area contributed by atoms with Gasteiger partial charge in [-0.2, -0.15) is 0 Å². The average Bonchev–Trinajstić information content (AvgIpc) is 3.10. The number of anilines is 1. The molecular weight excluding hydrogens is 310 g/mol. The number of nitrogens with one attached hydrogen (secondary N) is 1. The molecule has 0 atom stereocenters. The Bertz CT molecular complexity index is 837. The van der Waals surface area contributed by atoms with Gasteiger partial charge >= 0.3 is 0 Å². The molecule has 0 radical (unpaired) electrons. The van der Waals surface area contributed by atoms with Crippen LogP contribution in [0.4, 0.5) is 5.13 Å². The summed E-state index contributed by atoms with van der Waals surface area (Å²) in [7, 11) is 0. The minimum Gasteiger partial charge on any atom is -0.361 e. The van der Waals surface area contributed by atoms with Gasteiger partial charge in [-0.1, -0.05) is 42.4 Å². The van der Waals surface area contributed by atoms with E-state index in [1.54, 1.807) is 6.92 Å². The molecule has 0 aliphatic carbocycles. The molecule has 0 unspecified atom stereocenters. The Morgan fingerprint density at radius 1 is 1.26 bits per heavy atom. The van der Waals surface area contributed by atoms with E-state index < -0.39 is 0 Å². The van der Waals surface area contributed by atoms with E-state index in [-0.39, 0.29) is 5.91 Å². The first-order chi connectivity index (χ1) is 11.1. The highest BCUT2D eigenvalue weighted by molar-refractivity contribution is 7.16. The fraction of sp³-hybridized carbons (Fsp3) is 0.235. The van der Waals surface area contributed by atoms with Gasteiger partial charge in [0.1, 0.15) is 11.3 Å². The van der Waals surface area contributed by atoms with Crippen molar-refractivity contribution in [2.24, 2.45) is 0 Å². The molecule has 0 spiro atoms. The van der Waals surface area contributed by atoms with Crippen molar-refractivity contribution in [2.75, 3.05) is 5.32 Å². The van der Waals surface area contributed by atoms with Crippen LogP contribution in [0.2, 0.25) is 0 Å². The zero-order valence-corrected chi connectivity index (χ0v) is 14.0. The molecule has 2 aromatic heterocycles. The molecule has 118 valence electrons. The van der Waals surface area contributed by atoms with Gasteiger partial charge in [0, 0.05) is 10.4 Å². The van der Waals surface area contributed by atoms with Gasteiger partial charge < -0.3 is 4.52 Å². The Labute approximate surface area is 138 Å². The fourth-order valence-electron chi connectivity index (χ4n) is 2.42. The van der Waals surface area contributed by atoms with Gasteiger partial charge in [-0.05, 0) is 20.3 Å². The van der Waals surface area contributed by atoms with E-state index in [9.17, 15) is 4.79 Å². The van der Waals surface area contributed by atoms with Crippen LogP contribution in [0.3, 0.4) is 0 Å². The molecule has 0 saturated heterocycles. The first-order valence-electron chi connectivity index (χ1n) is 7.39. The van der Waals surface area contributed by atoms with Gasteiger partial charge in [-0.15, -0.1) is 11.3 Å². The van der Waals surface area contributed by atoms with Crippen molar-refractivity contribution in [1.82, 2.24) is 10.1 Å². The number of benzene rings is 1. The smallest absolute Gasteiger partial charge is 0.262 e. The van der Waals surface area contributed by atoms with Crippen molar-refractivity contribution in [3.63, 3.8) is 0 Å². The second-order valence-corrected chi connectivity index (χ2v) is 6.36. The van der Waals surface area contributed by atoms with E-state index >= 15 is 0 Å². The third-order valence-electron chi connectivity index (χ3n) is 3.56. The van der Waals surface area contributed by atoms with Crippen molar-refractivity contribution >= 4 is 22.4 Å². The minimum absolute atomic E-state index is 0.228. The lowest BCUT2D eigenvalue weighted by Gasteiger charge is -2.01. The van der Waals surface area contributed by atoms with Gasteiger partial charge in [0.15, 0.2) is 5.13 Å². The molecule has 0 saturated carbocycles. The third kappa shape index (κ3) is 3.03. The topological polar surface area (TPSA) is 68.0 Å². The third-order valence-corrected chi connectivity index (χ3v) is 4.45. The van der Waals surface area contributed by atoms with Crippen LogP contribution >= 0.6 is 11.3 Å². The quantitative estimate of drug-likeness (QED) is 0.778. The van der Waals surface area contributed by atoms with Crippen LogP contribution in [0.1, 0.15) is 33.6 Å². The molecule has 6 heteroatoms. The second-order valence-electron chi connectivity index (χ2n) is 5.16. The maximum absolute atomic E-state index is 12.5.